The molecule has 210 valence electrons. The van der Waals surface area contributed by atoms with Gasteiger partial charge in [-0.3, -0.25) is 4.90 Å². The number of aromatic nitrogens is 2. The number of hydrogen-bond acceptors (Lipinski definition) is 8. The van der Waals surface area contributed by atoms with E-state index in [2.05, 4.69) is 71.6 Å². The molecule has 1 unspecified atom stereocenters. The molecule has 8 nitrogen and oxygen atoms in total. The van der Waals surface area contributed by atoms with Crippen LogP contribution >= 0.6 is 0 Å². The van der Waals surface area contributed by atoms with Crippen LogP contribution in [0.15, 0.2) is 36.4 Å². The maximum atomic E-state index is 9.32. The van der Waals surface area contributed by atoms with Crippen LogP contribution in [0, 0.1) is 18.3 Å². The predicted molar refractivity (Wildman–Crippen MR) is 157 cm³/mol. The van der Waals surface area contributed by atoms with E-state index >= 15 is 0 Å². The van der Waals surface area contributed by atoms with Crippen molar-refractivity contribution in [1.82, 2.24) is 20.2 Å². The number of ether oxygens (including phenoxy) is 2. The summed E-state index contributed by atoms with van der Waals surface area (Å²) in [7, 11) is 3.91. The summed E-state index contributed by atoms with van der Waals surface area (Å²) in [5.41, 5.74) is 6.03. The molecule has 1 N–H and O–H groups in total. The topological polar surface area (TPSA) is 86.5 Å². The van der Waals surface area contributed by atoms with Crippen LogP contribution in [0.25, 0.3) is 10.8 Å². The van der Waals surface area contributed by atoms with Crippen LogP contribution in [0.2, 0.25) is 0 Å². The van der Waals surface area contributed by atoms with Gasteiger partial charge in [0.05, 0.1) is 36.5 Å². The SMILES string of the molecule is CO[C@@H]1C[C@H](COc2nc3c(c(C4CCN[C@@H](CC#N)C4)n2)CCN(c2cccc4cccc(C)c24)C3)N(C)C1. The Labute approximate surface area is 237 Å². The lowest BCUT2D eigenvalue weighted by Gasteiger charge is -2.35. The number of piperidine rings is 1. The molecule has 0 spiro atoms. The van der Waals surface area contributed by atoms with E-state index in [1.165, 1.54) is 27.6 Å². The molecule has 0 aliphatic carbocycles. The van der Waals surface area contributed by atoms with E-state index in [0.717, 1.165) is 63.3 Å². The third-order valence-corrected chi connectivity index (χ3v) is 9.12. The minimum Gasteiger partial charge on any atom is -0.462 e. The van der Waals surface area contributed by atoms with Gasteiger partial charge >= 0.3 is 6.01 Å². The number of nitrogens with zero attached hydrogens (tertiary/aromatic N) is 5. The maximum absolute atomic E-state index is 9.32. The molecule has 3 aromatic rings. The Morgan fingerprint density at radius 1 is 1.15 bits per heavy atom. The second-order valence-electron chi connectivity index (χ2n) is 11.7. The zero-order valence-electron chi connectivity index (χ0n) is 23.9. The van der Waals surface area contributed by atoms with E-state index in [1.54, 1.807) is 7.11 Å². The standard InChI is InChI=1S/C32H40N6O2/c1-21-6-4-7-22-8-5-9-29(30(21)22)38-15-12-27-28(19-38)35-32(40-20-25-17-26(39-3)18-37(25)2)36-31(27)23-11-14-34-24(16-23)10-13-33/h4-9,23-26,34H,10-12,14-20H2,1-3H3/t23?,24-,25+,26+/m0/s1. The lowest BCUT2D eigenvalue weighted by atomic mass is 9.84. The molecular formula is C32H40N6O2. The lowest BCUT2D eigenvalue weighted by molar-refractivity contribution is 0.111. The first-order valence-electron chi connectivity index (χ1n) is 14.6. The first-order valence-corrected chi connectivity index (χ1v) is 14.6. The molecular weight excluding hydrogens is 500 g/mol. The van der Waals surface area contributed by atoms with E-state index in [9.17, 15) is 5.26 Å². The number of benzene rings is 2. The largest absolute Gasteiger partial charge is 0.462 e. The lowest BCUT2D eigenvalue weighted by Crippen LogP contribution is -2.38. The molecule has 0 bridgehead atoms. The molecule has 0 amide bonds. The van der Waals surface area contributed by atoms with Gasteiger partial charge in [0.1, 0.15) is 6.61 Å². The van der Waals surface area contributed by atoms with Crippen LogP contribution in [0.3, 0.4) is 0 Å². The molecule has 4 atom stereocenters. The van der Waals surface area contributed by atoms with Gasteiger partial charge in [-0.15, -0.1) is 0 Å². The van der Waals surface area contributed by atoms with Crippen LogP contribution in [-0.2, 0) is 17.7 Å². The van der Waals surface area contributed by atoms with E-state index in [1.807, 2.05) is 0 Å². The zero-order valence-corrected chi connectivity index (χ0v) is 23.9. The first-order chi connectivity index (χ1) is 19.5. The third-order valence-electron chi connectivity index (χ3n) is 9.12. The van der Waals surface area contributed by atoms with Crippen LogP contribution in [0.5, 0.6) is 6.01 Å². The minimum absolute atomic E-state index is 0.204. The third kappa shape index (κ3) is 5.38. The van der Waals surface area contributed by atoms with Gasteiger partial charge in [-0.05, 0) is 68.8 Å². The molecule has 1 aromatic heterocycles. The smallest absolute Gasteiger partial charge is 0.316 e. The second kappa shape index (κ2) is 11.7. The summed E-state index contributed by atoms with van der Waals surface area (Å²) < 4.78 is 11.9. The molecule has 6 rings (SSSR count). The number of aryl methyl sites for hydroxylation is 1. The summed E-state index contributed by atoms with van der Waals surface area (Å²) in [6.45, 7) is 6.21. The molecule has 0 saturated carbocycles. The van der Waals surface area contributed by atoms with E-state index in [-0.39, 0.29) is 18.2 Å². The van der Waals surface area contributed by atoms with Crippen molar-refractivity contribution in [3.63, 3.8) is 0 Å². The minimum atomic E-state index is 0.204. The van der Waals surface area contributed by atoms with Gasteiger partial charge in [0.25, 0.3) is 0 Å². The monoisotopic (exact) mass is 540 g/mol. The highest BCUT2D eigenvalue weighted by molar-refractivity contribution is 5.96. The number of fused-ring (bicyclic) bond motifs is 2. The van der Waals surface area contributed by atoms with Crippen molar-refractivity contribution in [2.45, 2.75) is 69.7 Å². The summed E-state index contributed by atoms with van der Waals surface area (Å²) in [4.78, 5) is 14.9. The Bertz CT molecular complexity index is 1400. The number of nitrogens with one attached hydrogen (secondary N) is 1. The average Bonchev–Trinajstić information content (AvgIpc) is 3.35. The quantitative estimate of drug-likeness (QED) is 0.474. The molecule has 8 heteroatoms. The number of methoxy groups -OCH3 is 1. The number of likely N-dealkylation sites (N-methyl/N-ethyl adjacent to an activating group) is 1. The molecule has 3 aliphatic heterocycles. The normalized spacial score (nSPS) is 25.1. The van der Waals surface area contributed by atoms with Crippen molar-refractivity contribution >= 4 is 16.5 Å². The van der Waals surface area contributed by atoms with Crippen molar-refractivity contribution in [3.05, 3.63) is 58.9 Å². The Morgan fingerprint density at radius 2 is 2.00 bits per heavy atom. The summed E-state index contributed by atoms with van der Waals surface area (Å²) in [5.74, 6) is 0.303. The number of hydrogen-bond donors (Lipinski definition) is 1. The van der Waals surface area contributed by atoms with Crippen LogP contribution in [0.4, 0.5) is 5.69 Å². The van der Waals surface area contributed by atoms with E-state index in [0.29, 0.717) is 25.0 Å². The highest BCUT2D eigenvalue weighted by Gasteiger charge is 2.33. The fourth-order valence-electron chi connectivity index (χ4n) is 6.90. The Balaban J connectivity index is 1.32. The zero-order chi connectivity index (χ0) is 27.6. The Hall–Kier alpha value is -3.25. The van der Waals surface area contributed by atoms with Gasteiger partial charge in [0.2, 0.25) is 0 Å². The van der Waals surface area contributed by atoms with Gasteiger partial charge in [-0.1, -0.05) is 30.3 Å². The molecule has 2 aromatic carbocycles. The second-order valence-corrected chi connectivity index (χ2v) is 11.7. The average molecular weight is 541 g/mol. The molecule has 3 aliphatic rings. The van der Waals surface area contributed by atoms with Gasteiger partial charge in [0, 0.05) is 49.3 Å². The van der Waals surface area contributed by atoms with Gasteiger partial charge in [-0.25, -0.2) is 0 Å². The molecule has 2 saturated heterocycles. The number of anilines is 1. The maximum Gasteiger partial charge on any atom is 0.316 e. The Kier molecular flexibility index (Phi) is 7.88. The van der Waals surface area contributed by atoms with Crippen molar-refractivity contribution in [2.75, 3.05) is 45.3 Å². The van der Waals surface area contributed by atoms with E-state index in [4.69, 9.17) is 19.4 Å². The summed E-state index contributed by atoms with van der Waals surface area (Å²) in [5, 5.41) is 15.4. The van der Waals surface area contributed by atoms with Crippen molar-refractivity contribution in [2.24, 2.45) is 0 Å². The van der Waals surface area contributed by atoms with Crippen LogP contribution in [-0.4, -0.2) is 73.5 Å². The fourth-order valence-corrected chi connectivity index (χ4v) is 6.90. The fraction of sp³-hybridized carbons (Fsp3) is 0.531. The van der Waals surface area contributed by atoms with Gasteiger partial charge < -0.3 is 19.7 Å². The van der Waals surface area contributed by atoms with Crippen molar-refractivity contribution < 1.29 is 9.47 Å². The van der Waals surface area contributed by atoms with Crippen molar-refractivity contribution in [1.29, 1.82) is 5.26 Å². The van der Waals surface area contributed by atoms with Gasteiger partial charge in [0.15, 0.2) is 0 Å². The molecule has 0 radical (unpaired) electrons. The highest BCUT2D eigenvalue weighted by atomic mass is 16.5. The predicted octanol–water partition coefficient (Wildman–Crippen LogP) is 4.35. The van der Waals surface area contributed by atoms with Crippen LogP contribution < -0.4 is 15.0 Å². The number of likely N-dealkylation sites (tertiary alicyclic amines) is 1. The summed E-state index contributed by atoms with van der Waals surface area (Å²) in [6, 6.07) is 16.4. The summed E-state index contributed by atoms with van der Waals surface area (Å²) in [6.07, 6.45) is 4.55. The Morgan fingerprint density at radius 3 is 2.80 bits per heavy atom. The summed E-state index contributed by atoms with van der Waals surface area (Å²) >= 11 is 0. The van der Waals surface area contributed by atoms with Gasteiger partial charge in [-0.2, -0.15) is 15.2 Å². The number of rotatable bonds is 7. The van der Waals surface area contributed by atoms with E-state index < -0.39 is 0 Å². The highest BCUT2D eigenvalue weighted by Crippen LogP contribution is 2.37. The molecule has 2 fully saturated rings. The molecule has 40 heavy (non-hydrogen) atoms. The molecule has 4 heterocycles. The van der Waals surface area contributed by atoms with Crippen molar-refractivity contribution in [3.8, 4) is 12.1 Å². The first kappa shape index (κ1) is 26.9. The number of nitriles is 1. The van der Waals surface area contributed by atoms with Crippen LogP contribution in [0.1, 0.15) is 54.1 Å².